The second-order valence-electron chi connectivity index (χ2n) is 5.35. The molecule has 2 heterocycles. The highest BCUT2D eigenvalue weighted by atomic mass is 32.2. The van der Waals surface area contributed by atoms with Gasteiger partial charge in [0.05, 0.1) is 7.11 Å². The zero-order chi connectivity index (χ0) is 16.6. The number of fused-ring (bicyclic) bond motifs is 1. The minimum Gasteiger partial charge on any atom is -0.467 e. The summed E-state index contributed by atoms with van der Waals surface area (Å²) in [5, 5.41) is 2.47. The van der Waals surface area contributed by atoms with Gasteiger partial charge in [-0.15, -0.1) is 11.8 Å². The number of β-lactam (4-membered cyclic amide) rings is 1. The molecule has 2 saturated heterocycles. The number of nitrogens with zero attached hydrogens (tertiary/aromatic N) is 1. The summed E-state index contributed by atoms with van der Waals surface area (Å²) >= 11 is 1.48. The number of ether oxygens (including phenoxy) is 1. The molecule has 2 aliphatic heterocycles. The summed E-state index contributed by atoms with van der Waals surface area (Å²) in [4.78, 5) is 37.9. The van der Waals surface area contributed by atoms with Crippen LogP contribution in [0.2, 0.25) is 0 Å². The van der Waals surface area contributed by atoms with Gasteiger partial charge in [-0.05, 0) is 17.7 Å². The van der Waals surface area contributed by atoms with Crippen molar-refractivity contribution in [1.82, 2.24) is 10.2 Å². The third-order valence-electron chi connectivity index (χ3n) is 3.93. The molecule has 0 aliphatic carbocycles. The number of thioether (sulfide) groups is 1. The fourth-order valence-electron chi connectivity index (χ4n) is 2.74. The minimum absolute atomic E-state index is 0.273. The Bertz CT molecular complexity index is 668. The number of carbonyl (C=O) groups excluding carboxylic acids is 3. The second kappa shape index (κ2) is 6.08. The molecule has 7 heteroatoms. The number of carbonyl (C=O) groups is 3. The lowest BCUT2D eigenvalue weighted by Gasteiger charge is -2.52. The van der Waals surface area contributed by atoms with Crippen LogP contribution >= 0.6 is 11.8 Å². The quantitative estimate of drug-likeness (QED) is 0.503. The highest BCUT2D eigenvalue weighted by Crippen LogP contribution is 2.40. The van der Waals surface area contributed by atoms with Crippen molar-refractivity contribution in [2.24, 2.45) is 0 Å². The summed E-state index contributed by atoms with van der Waals surface area (Å²) < 4.78 is 4.76. The molecule has 2 amide bonds. The molecular weight excluding hydrogens is 316 g/mol. The Hall–Kier alpha value is -2.28. The van der Waals surface area contributed by atoms with Crippen molar-refractivity contribution in [3.8, 4) is 0 Å². The summed E-state index contributed by atoms with van der Waals surface area (Å²) in [6.45, 7) is 3.85. The van der Waals surface area contributed by atoms with E-state index in [0.717, 1.165) is 0 Å². The third kappa shape index (κ3) is 2.61. The van der Waals surface area contributed by atoms with Gasteiger partial charge in [0.2, 0.25) is 5.91 Å². The molecule has 120 valence electrons. The van der Waals surface area contributed by atoms with Crippen LogP contribution in [0.25, 0.3) is 0 Å². The van der Waals surface area contributed by atoms with E-state index in [-0.39, 0.29) is 17.2 Å². The van der Waals surface area contributed by atoms with Crippen LogP contribution in [0, 0.1) is 0 Å². The SMILES string of the molecule is C=C1CS[C@H]2[C@H](NC(=O)c3ccccc3)C(=O)N2C1C(=O)OC. The second-order valence-corrected chi connectivity index (χ2v) is 6.45. The molecule has 3 rings (SSSR count). The molecule has 23 heavy (non-hydrogen) atoms. The summed E-state index contributed by atoms with van der Waals surface area (Å²) in [7, 11) is 1.28. The van der Waals surface area contributed by atoms with E-state index in [9.17, 15) is 14.4 Å². The molecule has 2 fully saturated rings. The van der Waals surface area contributed by atoms with Crippen molar-refractivity contribution < 1.29 is 19.1 Å². The van der Waals surface area contributed by atoms with Crippen LogP contribution in [0.1, 0.15) is 10.4 Å². The first-order valence-corrected chi connectivity index (χ1v) is 8.14. The van der Waals surface area contributed by atoms with Gasteiger partial charge in [-0.25, -0.2) is 4.79 Å². The maximum Gasteiger partial charge on any atom is 0.332 e. The smallest absolute Gasteiger partial charge is 0.332 e. The zero-order valence-electron chi connectivity index (χ0n) is 12.5. The average molecular weight is 332 g/mol. The summed E-state index contributed by atoms with van der Waals surface area (Å²) in [6, 6.07) is 7.31. The monoisotopic (exact) mass is 332 g/mol. The van der Waals surface area contributed by atoms with E-state index in [2.05, 4.69) is 11.9 Å². The fraction of sp³-hybridized carbons (Fsp3) is 0.312. The van der Waals surface area contributed by atoms with Gasteiger partial charge in [0.15, 0.2) is 6.04 Å². The van der Waals surface area contributed by atoms with Gasteiger partial charge in [0.25, 0.3) is 5.91 Å². The summed E-state index contributed by atoms with van der Waals surface area (Å²) in [6.07, 6.45) is 0. The van der Waals surface area contributed by atoms with Crippen LogP contribution in [0.4, 0.5) is 0 Å². The standard InChI is InChI=1S/C16H16N2O4S/c1-9-8-23-15-11(14(20)18(15)12(9)16(21)22-2)17-13(19)10-6-4-3-5-7-10/h3-7,11-12,15H,1,8H2,2H3,(H,17,19)/t11-,12?,15+/m1/s1. The Balaban J connectivity index is 1.73. The van der Waals surface area contributed by atoms with Crippen LogP contribution in [0.5, 0.6) is 0 Å². The molecular formula is C16H16N2O4S. The van der Waals surface area contributed by atoms with Crippen LogP contribution in [0.3, 0.4) is 0 Å². The number of benzene rings is 1. The van der Waals surface area contributed by atoms with Gasteiger partial charge in [-0.3, -0.25) is 9.59 Å². The molecule has 0 saturated carbocycles. The predicted octanol–water partition coefficient (Wildman–Crippen LogP) is 0.798. The number of esters is 1. The van der Waals surface area contributed by atoms with Crippen LogP contribution in [-0.4, -0.2) is 53.0 Å². The van der Waals surface area contributed by atoms with Crippen LogP contribution in [-0.2, 0) is 14.3 Å². The average Bonchev–Trinajstić information content (AvgIpc) is 2.59. The van der Waals surface area contributed by atoms with E-state index in [4.69, 9.17) is 4.74 Å². The molecule has 0 aromatic heterocycles. The van der Waals surface area contributed by atoms with Crippen molar-refractivity contribution in [3.63, 3.8) is 0 Å². The normalized spacial score (nSPS) is 26.1. The molecule has 0 spiro atoms. The van der Waals surface area contributed by atoms with Crippen molar-refractivity contribution in [1.29, 1.82) is 0 Å². The summed E-state index contributed by atoms with van der Waals surface area (Å²) in [5.41, 5.74) is 1.13. The Morgan fingerprint density at radius 2 is 2.04 bits per heavy atom. The lowest BCUT2D eigenvalue weighted by molar-refractivity contribution is -0.160. The molecule has 3 atom stereocenters. The van der Waals surface area contributed by atoms with E-state index in [1.54, 1.807) is 24.3 Å². The first kappa shape index (κ1) is 15.6. The zero-order valence-corrected chi connectivity index (χ0v) is 13.3. The van der Waals surface area contributed by atoms with Gasteiger partial charge >= 0.3 is 5.97 Å². The highest BCUT2D eigenvalue weighted by molar-refractivity contribution is 8.00. The molecule has 1 N–H and O–H groups in total. The molecule has 2 aliphatic rings. The van der Waals surface area contributed by atoms with E-state index >= 15 is 0 Å². The van der Waals surface area contributed by atoms with Crippen LogP contribution in [0.15, 0.2) is 42.5 Å². The number of hydrogen-bond acceptors (Lipinski definition) is 5. The maximum absolute atomic E-state index is 12.4. The van der Waals surface area contributed by atoms with Gasteiger partial charge in [0, 0.05) is 11.3 Å². The van der Waals surface area contributed by atoms with Gasteiger partial charge in [-0.2, -0.15) is 0 Å². The van der Waals surface area contributed by atoms with E-state index < -0.39 is 18.1 Å². The lowest BCUT2D eigenvalue weighted by atomic mass is 9.98. The van der Waals surface area contributed by atoms with Crippen molar-refractivity contribution in [3.05, 3.63) is 48.0 Å². The Kier molecular flexibility index (Phi) is 4.12. The molecule has 0 radical (unpaired) electrons. The Morgan fingerprint density at radius 1 is 1.35 bits per heavy atom. The first-order valence-electron chi connectivity index (χ1n) is 7.09. The van der Waals surface area contributed by atoms with Crippen molar-refractivity contribution >= 4 is 29.5 Å². The van der Waals surface area contributed by atoms with Crippen molar-refractivity contribution in [2.45, 2.75) is 17.5 Å². The molecule has 6 nitrogen and oxygen atoms in total. The number of methoxy groups -OCH3 is 1. The van der Waals surface area contributed by atoms with Gasteiger partial charge in [-0.1, -0.05) is 24.8 Å². The molecule has 0 bridgehead atoms. The first-order chi connectivity index (χ1) is 11.0. The van der Waals surface area contributed by atoms with E-state index in [1.165, 1.54) is 23.8 Å². The number of hydrogen-bond donors (Lipinski definition) is 1. The maximum atomic E-state index is 12.4. The molecule has 1 unspecified atom stereocenters. The number of nitrogens with one attached hydrogen (secondary N) is 1. The number of rotatable bonds is 3. The minimum atomic E-state index is -0.761. The lowest BCUT2D eigenvalue weighted by Crippen LogP contribution is -2.74. The van der Waals surface area contributed by atoms with E-state index in [0.29, 0.717) is 16.9 Å². The van der Waals surface area contributed by atoms with Crippen LogP contribution < -0.4 is 5.32 Å². The largest absolute Gasteiger partial charge is 0.467 e. The summed E-state index contributed by atoms with van der Waals surface area (Å²) in [5.74, 6) is -0.543. The highest BCUT2D eigenvalue weighted by Gasteiger charge is 2.56. The van der Waals surface area contributed by atoms with Gasteiger partial charge in [0.1, 0.15) is 11.4 Å². The molecule has 1 aromatic carbocycles. The Labute approximate surface area is 137 Å². The predicted molar refractivity (Wildman–Crippen MR) is 85.7 cm³/mol. The Morgan fingerprint density at radius 3 is 2.70 bits per heavy atom. The fourth-order valence-corrected chi connectivity index (χ4v) is 4.05. The van der Waals surface area contributed by atoms with Crippen molar-refractivity contribution in [2.75, 3.05) is 12.9 Å². The number of amides is 2. The van der Waals surface area contributed by atoms with Gasteiger partial charge < -0.3 is 15.0 Å². The third-order valence-corrected chi connectivity index (χ3v) is 5.31. The molecule has 1 aromatic rings. The van der Waals surface area contributed by atoms with E-state index in [1.807, 2.05) is 6.07 Å². The topological polar surface area (TPSA) is 75.7 Å².